The molecule has 8 heteroatoms. The van der Waals surface area contributed by atoms with Crippen LogP contribution in [-0.2, 0) is 19.9 Å². The molecule has 1 aliphatic rings. The van der Waals surface area contributed by atoms with Crippen molar-refractivity contribution in [3.63, 3.8) is 0 Å². The van der Waals surface area contributed by atoms with E-state index in [1.54, 1.807) is 19.1 Å². The van der Waals surface area contributed by atoms with Crippen molar-refractivity contribution in [2.45, 2.75) is 18.2 Å². The highest BCUT2D eigenvalue weighted by Crippen LogP contribution is 2.22. The molecule has 0 bridgehead atoms. The highest BCUT2D eigenvalue weighted by Gasteiger charge is 2.29. The molecule has 1 aliphatic heterocycles. The highest BCUT2D eigenvalue weighted by molar-refractivity contribution is 7.91. The summed E-state index contributed by atoms with van der Waals surface area (Å²) >= 11 is 0. The van der Waals surface area contributed by atoms with Gasteiger partial charge in [0.1, 0.15) is 5.75 Å². The van der Waals surface area contributed by atoms with Crippen molar-refractivity contribution in [2.75, 3.05) is 25.2 Å². The number of hydrogen-bond donors (Lipinski definition) is 1. The average molecular weight is 333 g/mol. The summed E-state index contributed by atoms with van der Waals surface area (Å²) in [5.41, 5.74) is 0.584. The molecule has 1 heterocycles. The summed E-state index contributed by atoms with van der Waals surface area (Å²) in [7, 11) is -5.12. The number of sulfonamides is 1. The Labute approximate surface area is 125 Å². The van der Waals surface area contributed by atoms with E-state index in [9.17, 15) is 16.8 Å². The number of ether oxygens (including phenoxy) is 1. The van der Waals surface area contributed by atoms with Crippen molar-refractivity contribution in [3.8, 4) is 5.75 Å². The minimum absolute atomic E-state index is 0.0527. The average Bonchev–Trinajstić information content (AvgIpc) is 2.75. The van der Waals surface area contributed by atoms with E-state index in [-0.39, 0.29) is 28.9 Å². The third-order valence-electron chi connectivity index (χ3n) is 3.56. The summed E-state index contributed by atoms with van der Waals surface area (Å²) in [6, 6.07) is 4.72. The first-order chi connectivity index (χ1) is 9.73. The third kappa shape index (κ3) is 3.96. The molecule has 0 saturated carbocycles. The van der Waals surface area contributed by atoms with Gasteiger partial charge in [0, 0.05) is 6.54 Å². The second kappa shape index (κ2) is 5.94. The summed E-state index contributed by atoms with van der Waals surface area (Å²) in [4.78, 5) is 0.184. The van der Waals surface area contributed by atoms with E-state index >= 15 is 0 Å². The van der Waals surface area contributed by atoms with Crippen LogP contribution in [0.5, 0.6) is 5.75 Å². The van der Waals surface area contributed by atoms with Gasteiger partial charge in [-0.05, 0) is 43.0 Å². The molecule has 1 fully saturated rings. The van der Waals surface area contributed by atoms with E-state index in [1.807, 2.05) is 0 Å². The number of methoxy groups -OCH3 is 1. The van der Waals surface area contributed by atoms with Gasteiger partial charge in [0.15, 0.2) is 9.84 Å². The van der Waals surface area contributed by atoms with Crippen LogP contribution >= 0.6 is 0 Å². The standard InChI is InChI=1S/C13H19NO5S2/c1-10-7-12(19-2)3-4-13(10)21(17,18)14-8-11-5-6-20(15,16)9-11/h3-4,7,11,14H,5-6,8-9H2,1-2H3. The van der Waals surface area contributed by atoms with Crippen LogP contribution in [0.3, 0.4) is 0 Å². The molecule has 6 nitrogen and oxygen atoms in total. The normalized spacial score (nSPS) is 21.3. The SMILES string of the molecule is COc1ccc(S(=O)(=O)NCC2CCS(=O)(=O)C2)c(C)c1. The Bertz CT molecular complexity index is 725. The van der Waals surface area contributed by atoms with Gasteiger partial charge in [0.2, 0.25) is 10.0 Å². The molecule has 0 aliphatic carbocycles. The minimum atomic E-state index is -3.64. The summed E-state index contributed by atoms with van der Waals surface area (Å²) in [5.74, 6) is 0.634. The smallest absolute Gasteiger partial charge is 0.240 e. The fourth-order valence-corrected chi connectivity index (χ4v) is 5.59. The van der Waals surface area contributed by atoms with E-state index in [4.69, 9.17) is 4.74 Å². The van der Waals surface area contributed by atoms with Gasteiger partial charge in [0.05, 0.1) is 23.5 Å². The number of rotatable bonds is 5. The van der Waals surface area contributed by atoms with Gasteiger partial charge in [0.25, 0.3) is 0 Å². The number of sulfone groups is 1. The van der Waals surface area contributed by atoms with Crippen molar-refractivity contribution < 1.29 is 21.6 Å². The van der Waals surface area contributed by atoms with E-state index in [0.29, 0.717) is 17.7 Å². The molecule has 0 spiro atoms. The fraction of sp³-hybridized carbons (Fsp3) is 0.538. The monoisotopic (exact) mass is 333 g/mol. The zero-order chi connectivity index (χ0) is 15.7. The summed E-state index contributed by atoms with van der Waals surface area (Å²) in [5, 5.41) is 0. The maximum atomic E-state index is 12.3. The maximum absolute atomic E-state index is 12.3. The van der Waals surface area contributed by atoms with Crippen molar-refractivity contribution in [1.29, 1.82) is 0 Å². The van der Waals surface area contributed by atoms with E-state index in [1.165, 1.54) is 13.2 Å². The van der Waals surface area contributed by atoms with Crippen LogP contribution in [0.4, 0.5) is 0 Å². The lowest BCUT2D eigenvalue weighted by molar-refractivity contribution is 0.414. The molecule has 1 unspecified atom stereocenters. The molecule has 2 rings (SSSR count). The van der Waals surface area contributed by atoms with Crippen LogP contribution in [0.25, 0.3) is 0 Å². The van der Waals surface area contributed by atoms with Crippen molar-refractivity contribution >= 4 is 19.9 Å². The minimum Gasteiger partial charge on any atom is -0.497 e. The van der Waals surface area contributed by atoms with E-state index < -0.39 is 19.9 Å². The van der Waals surface area contributed by atoms with Crippen LogP contribution in [0.1, 0.15) is 12.0 Å². The largest absolute Gasteiger partial charge is 0.497 e. The lowest BCUT2D eigenvalue weighted by Gasteiger charge is -2.12. The highest BCUT2D eigenvalue weighted by atomic mass is 32.2. The second-order valence-corrected chi connectivity index (χ2v) is 9.22. The molecule has 0 amide bonds. The molecule has 1 aromatic carbocycles. The summed E-state index contributed by atoms with van der Waals surface area (Å²) in [6.07, 6.45) is 0.506. The van der Waals surface area contributed by atoms with Gasteiger partial charge in [-0.25, -0.2) is 21.6 Å². The number of aryl methyl sites for hydroxylation is 1. The Kier molecular flexibility index (Phi) is 4.60. The molecule has 1 aromatic rings. The van der Waals surface area contributed by atoms with Gasteiger partial charge < -0.3 is 4.74 Å². The molecule has 1 saturated heterocycles. The van der Waals surface area contributed by atoms with E-state index in [2.05, 4.69) is 4.72 Å². The number of hydrogen-bond acceptors (Lipinski definition) is 5. The lowest BCUT2D eigenvalue weighted by atomic mass is 10.1. The summed E-state index contributed by atoms with van der Waals surface area (Å²) < 4.78 is 54.8. The lowest BCUT2D eigenvalue weighted by Crippen LogP contribution is -2.30. The zero-order valence-corrected chi connectivity index (χ0v) is 13.6. The van der Waals surface area contributed by atoms with Crippen LogP contribution in [-0.4, -0.2) is 42.0 Å². The van der Waals surface area contributed by atoms with Crippen LogP contribution in [0.15, 0.2) is 23.1 Å². The Morgan fingerprint density at radius 2 is 2.10 bits per heavy atom. The van der Waals surface area contributed by atoms with Gasteiger partial charge in [-0.15, -0.1) is 0 Å². The maximum Gasteiger partial charge on any atom is 0.240 e. The Hall–Kier alpha value is -1.12. The number of nitrogens with one attached hydrogen (secondary N) is 1. The summed E-state index contributed by atoms with van der Waals surface area (Å²) in [6.45, 7) is 1.84. The quantitative estimate of drug-likeness (QED) is 0.857. The zero-order valence-electron chi connectivity index (χ0n) is 12.0. The molecular weight excluding hydrogens is 314 g/mol. The fourth-order valence-electron chi connectivity index (χ4n) is 2.39. The van der Waals surface area contributed by atoms with Gasteiger partial charge in [-0.3, -0.25) is 0 Å². The molecule has 0 radical (unpaired) electrons. The van der Waals surface area contributed by atoms with E-state index in [0.717, 1.165) is 0 Å². The topological polar surface area (TPSA) is 89.5 Å². The predicted octanol–water partition coefficient (Wildman–Crippen LogP) is 0.717. The third-order valence-corrected chi connectivity index (χ3v) is 6.98. The molecule has 21 heavy (non-hydrogen) atoms. The van der Waals surface area contributed by atoms with Crippen molar-refractivity contribution in [2.24, 2.45) is 5.92 Å². The van der Waals surface area contributed by atoms with Crippen LogP contribution in [0, 0.1) is 12.8 Å². The van der Waals surface area contributed by atoms with Crippen LogP contribution in [0.2, 0.25) is 0 Å². The first kappa shape index (κ1) is 16.3. The van der Waals surface area contributed by atoms with Crippen molar-refractivity contribution in [3.05, 3.63) is 23.8 Å². The Balaban J connectivity index is 2.09. The first-order valence-electron chi connectivity index (χ1n) is 6.58. The molecule has 1 atom stereocenters. The molecule has 1 N–H and O–H groups in total. The van der Waals surface area contributed by atoms with Crippen LogP contribution < -0.4 is 9.46 Å². The Morgan fingerprint density at radius 1 is 1.38 bits per heavy atom. The van der Waals surface area contributed by atoms with Gasteiger partial charge >= 0.3 is 0 Å². The van der Waals surface area contributed by atoms with Gasteiger partial charge in [-0.1, -0.05) is 0 Å². The first-order valence-corrected chi connectivity index (χ1v) is 9.89. The predicted molar refractivity (Wildman–Crippen MR) is 79.7 cm³/mol. The molecule has 118 valence electrons. The molecular formula is C13H19NO5S2. The number of benzene rings is 1. The Morgan fingerprint density at radius 3 is 2.62 bits per heavy atom. The van der Waals surface area contributed by atoms with Gasteiger partial charge in [-0.2, -0.15) is 0 Å². The second-order valence-electron chi connectivity index (χ2n) is 5.25. The van der Waals surface area contributed by atoms with Crippen molar-refractivity contribution in [1.82, 2.24) is 4.72 Å². The molecule has 0 aromatic heterocycles.